The van der Waals surface area contributed by atoms with Gasteiger partial charge in [-0.1, -0.05) is 31.2 Å². The lowest BCUT2D eigenvalue weighted by molar-refractivity contribution is -0.264. The summed E-state index contributed by atoms with van der Waals surface area (Å²) in [6.45, 7) is -1.44. The second kappa shape index (κ2) is 6.68. The molecule has 0 saturated heterocycles. The summed E-state index contributed by atoms with van der Waals surface area (Å²) in [6.07, 6.45) is -10.5. The summed E-state index contributed by atoms with van der Waals surface area (Å²) in [7, 11) is 0. The van der Waals surface area contributed by atoms with Gasteiger partial charge < -0.3 is 9.47 Å². The van der Waals surface area contributed by atoms with E-state index in [2.05, 4.69) is 9.47 Å². The summed E-state index contributed by atoms with van der Waals surface area (Å²) in [5.74, 6) is -0.645. The lowest BCUT2D eigenvalue weighted by Crippen LogP contribution is -2.33. The van der Waals surface area contributed by atoms with Crippen molar-refractivity contribution in [2.75, 3.05) is 13.2 Å². The van der Waals surface area contributed by atoms with Crippen LogP contribution in [0.1, 0.15) is 36.3 Å². The van der Waals surface area contributed by atoms with Crippen LogP contribution < -0.4 is 0 Å². The average molecular weight is 342 g/mol. The van der Waals surface area contributed by atoms with E-state index in [1.165, 1.54) is 0 Å². The van der Waals surface area contributed by atoms with Crippen molar-refractivity contribution in [1.29, 1.82) is 0 Å². The van der Waals surface area contributed by atoms with Gasteiger partial charge in [-0.05, 0) is 23.5 Å². The quantitative estimate of drug-likeness (QED) is 0.567. The third-order valence-corrected chi connectivity index (χ3v) is 3.68. The highest BCUT2D eigenvalue weighted by Crippen LogP contribution is 2.44. The second-order valence-electron chi connectivity index (χ2n) is 5.59. The monoisotopic (exact) mass is 342 g/mol. The Hall–Kier alpha value is -1.28. The van der Waals surface area contributed by atoms with Crippen molar-refractivity contribution < 1.29 is 35.8 Å². The Kier molecular flexibility index (Phi) is 5.25. The average Bonchev–Trinajstić information content (AvgIpc) is 2.75. The second-order valence-corrected chi connectivity index (χ2v) is 5.59. The molecule has 1 aliphatic rings. The molecule has 0 aliphatic heterocycles. The fourth-order valence-electron chi connectivity index (χ4n) is 2.82. The molecule has 1 aromatic rings. The Labute approximate surface area is 129 Å². The minimum absolute atomic E-state index is 0.0164. The van der Waals surface area contributed by atoms with Crippen molar-refractivity contribution in [3.63, 3.8) is 0 Å². The van der Waals surface area contributed by atoms with Crippen LogP contribution in [0.25, 0.3) is 0 Å². The van der Waals surface area contributed by atoms with E-state index in [-0.39, 0.29) is 5.92 Å². The Morgan fingerprint density at radius 2 is 1.43 bits per heavy atom. The highest BCUT2D eigenvalue weighted by Gasteiger charge is 2.40. The Morgan fingerprint density at radius 1 is 0.957 bits per heavy atom. The van der Waals surface area contributed by atoms with E-state index in [9.17, 15) is 26.3 Å². The molecule has 23 heavy (non-hydrogen) atoms. The van der Waals surface area contributed by atoms with E-state index in [4.69, 9.17) is 0 Å². The number of fused-ring (bicyclic) bond motifs is 1. The maximum atomic E-state index is 12.3. The van der Waals surface area contributed by atoms with Crippen molar-refractivity contribution in [1.82, 2.24) is 0 Å². The molecule has 130 valence electrons. The third-order valence-electron chi connectivity index (χ3n) is 3.68. The van der Waals surface area contributed by atoms with Gasteiger partial charge in [-0.3, -0.25) is 0 Å². The zero-order valence-corrected chi connectivity index (χ0v) is 12.2. The van der Waals surface area contributed by atoms with E-state index in [0.717, 1.165) is 5.56 Å². The van der Waals surface area contributed by atoms with Gasteiger partial charge in [0.25, 0.3) is 0 Å². The topological polar surface area (TPSA) is 18.5 Å². The van der Waals surface area contributed by atoms with Gasteiger partial charge in [-0.2, -0.15) is 26.3 Å². The van der Waals surface area contributed by atoms with Crippen LogP contribution in [0.15, 0.2) is 24.3 Å². The van der Waals surface area contributed by atoms with Crippen LogP contribution in [-0.4, -0.2) is 31.9 Å². The summed E-state index contributed by atoms with van der Waals surface area (Å²) in [5, 5.41) is 0. The van der Waals surface area contributed by atoms with Crippen molar-refractivity contribution >= 4 is 0 Å². The largest absolute Gasteiger partial charge is 0.411 e. The van der Waals surface area contributed by atoms with Crippen molar-refractivity contribution in [2.24, 2.45) is 0 Å². The molecule has 1 aliphatic carbocycles. The molecule has 0 N–H and O–H groups in total. The minimum Gasteiger partial charge on any atom is -0.343 e. The summed E-state index contributed by atoms with van der Waals surface area (Å²) < 4.78 is 83.4. The molecule has 0 amide bonds. The third kappa shape index (κ3) is 5.10. The minimum atomic E-state index is -4.64. The van der Waals surface area contributed by atoms with Crippen LogP contribution in [0.3, 0.4) is 0 Å². The number of ether oxygens (including phenoxy) is 2. The lowest BCUT2D eigenvalue weighted by Gasteiger charge is -2.26. The zero-order chi connectivity index (χ0) is 17.3. The van der Waals surface area contributed by atoms with E-state index in [0.29, 0.717) is 12.0 Å². The summed E-state index contributed by atoms with van der Waals surface area (Å²) in [4.78, 5) is 0. The number of hydrogen-bond donors (Lipinski definition) is 0. The molecular formula is C15H16F6O2. The predicted octanol–water partition coefficient (Wildman–Crippen LogP) is 4.76. The fraction of sp³-hybridized carbons (Fsp3) is 0.600. The van der Waals surface area contributed by atoms with Gasteiger partial charge in [0.2, 0.25) is 0 Å². The molecular weight excluding hydrogens is 326 g/mol. The van der Waals surface area contributed by atoms with E-state index >= 15 is 0 Å². The van der Waals surface area contributed by atoms with Gasteiger partial charge in [0, 0.05) is 5.92 Å². The van der Waals surface area contributed by atoms with Gasteiger partial charge in [0.15, 0.2) is 6.29 Å². The molecule has 0 fully saturated rings. The van der Waals surface area contributed by atoms with Gasteiger partial charge >= 0.3 is 12.4 Å². The highest BCUT2D eigenvalue weighted by molar-refractivity contribution is 5.38. The maximum absolute atomic E-state index is 12.3. The standard InChI is InChI=1S/C15H16F6O2/c1-9-6-12(11-5-3-2-4-10(9)11)13(22-7-14(16,17)18)23-8-15(19,20)21/h2-5,9,12-13H,6-8H2,1H3/t9-,12-/m0/s1. The van der Waals surface area contributed by atoms with Crippen molar-refractivity contribution in [3.05, 3.63) is 35.4 Å². The molecule has 0 unspecified atom stereocenters. The highest BCUT2D eigenvalue weighted by atomic mass is 19.4. The Bertz CT molecular complexity index is 507. The molecule has 1 aromatic carbocycles. The smallest absolute Gasteiger partial charge is 0.343 e. The predicted molar refractivity (Wildman–Crippen MR) is 70.0 cm³/mol. The fourth-order valence-corrected chi connectivity index (χ4v) is 2.82. The maximum Gasteiger partial charge on any atom is 0.411 e. The molecule has 0 saturated carbocycles. The van der Waals surface area contributed by atoms with Crippen LogP contribution in [0.2, 0.25) is 0 Å². The van der Waals surface area contributed by atoms with Crippen LogP contribution in [0.4, 0.5) is 26.3 Å². The van der Waals surface area contributed by atoms with Gasteiger partial charge in [0.1, 0.15) is 13.2 Å². The summed E-state index contributed by atoms with van der Waals surface area (Å²) in [5.41, 5.74) is 1.57. The molecule has 0 heterocycles. The van der Waals surface area contributed by atoms with Crippen molar-refractivity contribution in [3.8, 4) is 0 Å². The van der Waals surface area contributed by atoms with Crippen LogP contribution >= 0.6 is 0 Å². The Morgan fingerprint density at radius 3 is 1.91 bits per heavy atom. The first-order chi connectivity index (χ1) is 10.6. The zero-order valence-electron chi connectivity index (χ0n) is 12.2. The number of benzene rings is 1. The lowest BCUT2D eigenvalue weighted by atomic mass is 10.0. The van der Waals surface area contributed by atoms with Gasteiger partial charge in [0.05, 0.1) is 0 Å². The van der Waals surface area contributed by atoms with E-state index < -0.39 is 37.8 Å². The number of halogens is 6. The van der Waals surface area contributed by atoms with Gasteiger partial charge in [-0.25, -0.2) is 0 Å². The SMILES string of the molecule is C[C@H]1C[C@H](C(OCC(F)(F)F)OCC(F)(F)F)c2ccccc21. The van der Waals surface area contributed by atoms with Crippen LogP contribution in [0.5, 0.6) is 0 Å². The van der Waals surface area contributed by atoms with Gasteiger partial charge in [-0.15, -0.1) is 0 Å². The molecule has 0 aromatic heterocycles. The molecule has 0 bridgehead atoms. The van der Waals surface area contributed by atoms with E-state index in [1.807, 2.05) is 13.0 Å². The molecule has 2 rings (SSSR count). The normalized spacial score (nSPS) is 21.7. The summed E-state index contributed by atoms with van der Waals surface area (Å²) in [6, 6.07) is 6.96. The first kappa shape index (κ1) is 18.1. The first-order valence-corrected chi connectivity index (χ1v) is 7.02. The first-order valence-electron chi connectivity index (χ1n) is 7.02. The van der Waals surface area contributed by atoms with Crippen molar-refractivity contribution in [2.45, 2.75) is 43.8 Å². The molecule has 2 atom stereocenters. The molecule has 2 nitrogen and oxygen atoms in total. The number of hydrogen-bond acceptors (Lipinski definition) is 2. The molecule has 8 heteroatoms. The number of rotatable bonds is 5. The molecule has 0 spiro atoms. The number of alkyl halides is 6. The molecule has 0 radical (unpaired) electrons. The van der Waals surface area contributed by atoms with Crippen LogP contribution in [-0.2, 0) is 9.47 Å². The Balaban J connectivity index is 2.16. The van der Waals surface area contributed by atoms with E-state index in [1.54, 1.807) is 18.2 Å². The van der Waals surface area contributed by atoms with Crippen LogP contribution in [0, 0.1) is 0 Å². The summed E-state index contributed by atoms with van der Waals surface area (Å²) >= 11 is 0.